The summed E-state index contributed by atoms with van der Waals surface area (Å²) in [7, 11) is -4.08. The van der Waals surface area contributed by atoms with Gasteiger partial charge in [0.05, 0.1) is 10.6 Å². The van der Waals surface area contributed by atoms with Gasteiger partial charge in [-0.25, -0.2) is 8.42 Å². The maximum absolute atomic E-state index is 13.9. The van der Waals surface area contributed by atoms with Crippen molar-refractivity contribution in [3.8, 4) is 0 Å². The summed E-state index contributed by atoms with van der Waals surface area (Å²) >= 11 is 0. The Morgan fingerprint density at radius 1 is 0.846 bits per heavy atom. The van der Waals surface area contributed by atoms with Crippen molar-refractivity contribution in [3.05, 3.63) is 95.1 Å². The number of benzene rings is 3. The summed E-state index contributed by atoms with van der Waals surface area (Å²) in [5.41, 5.74) is 4.08. The Hall–Kier alpha value is -3.65. The summed E-state index contributed by atoms with van der Waals surface area (Å²) in [6.07, 6.45) is 0. The Morgan fingerprint density at radius 2 is 1.49 bits per heavy atom. The highest BCUT2D eigenvalue weighted by Gasteiger charge is 2.32. The van der Waals surface area contributed by atoms with E-state index in [-0.39, 0.29) is 23.3 Å². The van der Waals surface area contributed by atoms with Crippen LogP contribution in [-0.4, -0.2) is 44.3 Å². The molecule has 0 fully saturated rings. The molecule has 3 rings (SSSR count). The molecule has 0 heterocycles. The molecule has 0 radical (unpaired) electrons. The number of hydrogen-bond donors (Lipinski definition) is 1. The average molecular weight is 550 g/mol. The van der Waals surface area contributed by atoms with Crippen LogP contribution in [0.1, 0.15) is 43.0 Å². The molecule has 7 nitrogen and oxygen atoms in total. The lowest BCUT2D eigenvalue weighted by Crippen LogP contribution is -2.51. The lowest BCUT2D eigenvalue weighted by molar-refractivity contribution is -0.139. The summed E-state index contributed by atoms with van der Waals surface area (Å²) < 4.78 is 29.0. The second-order valence-electron chi connectivity index (χ2n) is 10.4. The van der Waals surface area contributed by atoms with Gasteiger partial charge in [0.25, 0.3) is 10.0 Å². The topological polar surface area (TPSA) is 86.8 Å². The Bertz CT molecular complexity index is 1390. The first-order valence-electron chi connectivity index (χ1n) is 13.2. The fourth-order valence-electron chi connectivity index (χ4n) is 4.06. The van der Waals surface area contributed by atoms with Gasteiger partial charge in [-0.2, -0.15) is 0 Å². The van der Waals surface area contributed by atoms with E-state index in [0.29, 0.717) is 12.2 Å². The monoisotopic (exact) mass is 549 g/mol. The molecule has 0 aliphatic carbocycles. The van der Waals surface area contributed by atoms with E-state index < -0.39 is 28.5 Å². The number of amides is 2. The van der Waals surface area contributed by atoms with Crippen molar-refractivity contribution in [2.45, 2.75) is 59.0 Å². The number of hydrogen-bond acceptors (Lipinski definition) is 4. The van der Waals surface area contributed by atoms with Gasteiger partial charge in [0.1, 0.15) is 12.6 Å². The zero-order chi connectivity index (χ0) is 28.7. The van der Waals surface area contributed by atoms with Gasteiger partial charge in [0, 0.05) is 13.1 Å². The van der Waals surface area contributed by atoms with E-state index in [4.69, 9.17) is 0 Å². The minimum Gasteiger partial charge on any atom is -0.354 e. The van der Waals surface area contributed by atoms with Gasteiger partial charge in [-0.3, -0.25) is 13.9 Å². The minimum atomic E-state index is -4.08. The van der Waals surface area contributed by atoms with Gasteiger partial charge in [-0.15, -0.1) is 0 Å². The van der Waals surface area contributed by atoms with Crippen LogP contribution in [0.15, 0.2) is 77.7 Å². The van der Waals surface area contributed by atoms with E-state index in [1.165, 1.54) is 4.90 Å². The Labute approximate surface area is 232 Å². The molecule has 8 heteroatoms. The molecule has 0 aromatic heterocycles. The van der Waals surface area contributed by atoms with Gasteiger partial charge in [0.15, 0.2) is 0 Å². The van der Waals surface area contributed by atoms with E-state index in [1.807, 2.05) is 71.0 Å². The van der Waals surface area contributed by atoms with E-state index in [2.05, 4.69) is 5.32 Å². The van der Waals surface area contributed by atoms with Gasteiger partial charge in [-0.1, -0.05) is 67.9 Å². The first-order valence-corrected chi connectivity index (χ1v) is 14.6. The van der Waals surface area contributed by atoms with Crippen molar-refractivity contribution >= 4 is 27.5 Å². The Balaban J connectivity index is 2.02. The molecule has 1 atom stereocenters. The van der Waals surface area contributed by atoms with E-state index in [9.17, 15) is 18.0 Å². The number of aryl methyl sites for hydroxylation is 3. The van der Waals surface area contributed by atoms with Crippen LogP contribution in [0, 0.1) is 26.7 Å². The van der Waals surface area contributed by atoms with Crippen molar-refractivity contribution in [1.29, 1.82) is 0 Å². The summed E-state index contributed by atoms with van der Waals surface area (Å²) in [4.78, 5) is 28.5. The highest BCUT2D eigenvalue weighted by Crippen LogP contribution is 2.27. The van der Waals surface area contributed by atoms with Gasteiger partial charge in [-0.05, 0) is 74.6 Å². The average Bonchev–Trinajstić information content (AvgIpc) is 2.90. The normalized spacial score (nSPS) is 12.2. The Kier molecular flexibility index (Phi) is 9.92. The molecule has 208 valence electrons. The van der Waals surface area contributed by atoms with Crippen molar-refractivity contribution in [1.82, 2.24) is 10.2 Å². The number of nitrogens with one attached hydrogen (secondary N) is 1. The first kappa shape index (κ1) is 29.9. The largest absolute Gasteiger partial charge is 0.354 e. The molecule has 0 saturated carbocycles. The fourth-order valence-corrected chi connectivity index (χ4v) is 5.47. The third-order valence-electron chi connectivity index (χ3n) is 6.71. The molecule has 3 aromatic carbocycles. The summed E-state index contributed by atoms with van der Waals surface area (Å²) in [6, 6.07) is 20.4. The van der Waals surface area contributed by atoms with Crippen LogP contribution in [0.3, 0.4) is 0 Å². The highest BCUT2D eigenvalue weighted by atomic mass is 32.2. The zero-order valence-corrected chi connectivity index (χ0v) is 24.5. The number of carbonyl (C=O) groups excluding carboxylic acids is 2. The number of rotatable bonds is 11. The summed E-state index contributed by atoms with van der Waals surface area (Å²) in [5.74, 6) is -0.508. The van der Waals surface area contributed by atoms with Crippen LogP contribution in [-0.2, 0) is 26.2 Å². The Morgan fingerprint density at radius 3 is 2.08 bits per heavy atom. The van der Waals surface area contributed by atoms with Crippen molar-refractivity contribution < 1.29 is 18.0 Å². The number of carbonyl (C=O) groups is 2. The molecule has 0 aliphatic heterocycles. The second-order valence-corrected chi connectivity index (χ2v) is 12.3. The standard InChI is InChI=1S/C31H39N3O4S/c1-22(2)19-32-31(36)26(6)33(20-27-10-8-7-9-11-27)30(35)21-34(28-15-14-24(4)25(5)18-28)39(37,38)29-16-12-23(3)13-17-29/h7-18,22,26H,19-21H2,1-6H3,(H,32,36)/t26-/m1/s1. The molecule has 3 aromatic rings. The smallest absolute Gasteiger partial charge is 0.264 e. The van der Waals surface area contributed by atoms with Gasteiger partial charge >= 0.3 is 0 Å². The van der Waals surface area contributed by atoms with E-state index >= 15 is 0 Å². The molecule has 2 amide bonds. The molecule has 1 N–H and O–H groups in total. The second kappa shape index (κ2) is 12.9. The number of nitrogens with zero attached hydrogens (tertiary/aromatic N) is 2. The van der Waals surface area contributed by atoms with Crippen molar-refractivity contribution in [2.75, 3.05) is 17.4 Å². The number of anilines is 1. The molecule has 0 bridgehead atoms. The van der Waals surface area contributed by atoms with Crippen molar-refractivity contribution in [2.24, 2.45) is 5.92 Å². The predicted molar refractivity (Wildman–Crippen MR) is 156 cm³/mol. The molecular formula is C31H39N3O4S. The molecular weight excluding hydrogens is 510 g/mol. The van der Waals surface area contributed by atoms with E-state index in [0.717, 1.165) is 26.6 Å². The van der Waals surface area contributed by atoms with E-state index in [1.54, 1.807) is 43.3 Å². The predicted octanol–water partition coefficient (Wildman–Crippen LogP) is 5.00. The molecule has 0 saturated heterocycles. The summed E-state index contributed by atoms with van der Waals surface area (Å²) in [5, 5.41) is 2.90. The SMILES string of the molecule is Cc1ccc(S(=O)(=O)N(CC(=O)N(Cc2ccccc2)[C@H](C)C(=O)NCC(C)C)c2ccc(C)c(C)c2)cc1. The van der Waals surface area contributed by atoms with Crippen LogP contribution in [0.5, 0.6) is 0 Å². The minimum absolute atomic E-state index is 0.0939. The fraction of sp³-hybridized carbons (Fsp3) is 0.355. The van der Waals surface area contributed by atoms with Crippen LogP contribution >= 0.6 is 0 Å². The summed E-state index contributed by atoms with van der Waals surface area (Å²) in [6.45, 7) is 11.6. The van der Waals surface area contributed by atoms with Crippen LogP contribution in [0.25, 0.3) is 0 Å². The molecule has 0 aliphatic rings. The van der Waals surface area contributed by atoms with Crippen LogP contribution in [0.4, 0.5) is 5.69 Å². The third-order valence-corrected chi connectivity index (χ3v) is 8.50. The first-order chi connectivity index (χ1) is 18.4. The van der Waals surface area contributed by atoms with Crippen LogP contribution < -0.4 is 9.62 Å². The lowest BCUT2D eigenvalue weighted by Gasteiger charge is -2.32. The maximum Gasteiger partial charge on any atom is 0.264 e. The molecule has 39 heavy (non-hydrogen) atoms. The van der Waals surface area contributed by atoms with Crippen molar-refractivity contribution in [3.63, 3.8) is 0 Å². The number of sulfonamides is 1. The lowest BCUT2D eigenvalue weighted by atomic mass is 10.1. The van der Waals surface area contributed by atoms with Crippen LogP contribution in [0.2, 0.25) is 0 Å². The highest BCUT2D eigenvalue weighted by molar-refractivity contribution is 7.92. The quantitative estimate of drug-likeness (QED) is 0.365. The zero-order valence-electron chi connectivity index (χ0n) is 23.6. The third kappa shape index (κ3) is 7.69. The molecule has 0 spiro atoms. The maximum atomic E-state index is 13.9. The van der Waals surface area contributed by atoms with Gasteiger partial charge in [0.2, 0.25) is 11.8 Å². The molecule has 0 unspecified atom stereocenters. The van der Waals surface area contributed by atoms with Gasteiger partial charge < -0.3 is 10.2 Å².